The van der Waals surface area contributed by atoms with Gasteiger partial charge in [0.1, 0.15) is 6.61 Å². The number of rotatable bonds is 0. The first-order chi connectivity index (χ1) is 6.27. The molecule has 1 aliphatic rings. The fourth-order valence-electron chi connectivity index (χ4n) is 1.25. The van der Waals surface area contributed by atoms with Crippen LogP contribution in [0.4, 0.5) is 5.69 Å². The van der Waals surface area contributed by atoms with Crippen LogP contribution in [0.5, 0.6) is 0 Å². The standard InChI is InChI=1S/C10H12N2O/c1-12(2)10-11-9-6-4-3-5-8(9)7-13-10/h3-6H,7H2,1-2H3. The van der Waals surface area contributed by atoms with Crippen LogP contribution < -0.4 is 0 Å². The van der Waals surface area contributed by atoms with Gasteiger partial charge < -0.3 is 9.64 Å². The van der Waals surface area contributed by atoms with Crippen LogP contribution in [0, 0.1) is 0 Å². The first kappa shape index (κ1) is 8.10. The molecule has 1 heterocycles. The minimum absolute atomic E-state index is 0.618. The van der Waals surface area contributed by atoms with Gasteiger partial charge in [-0.1, -0.05) is 18.2 Å². The van der Waals surface area contributed by atoms with Crippen LogP contribution in [0.2, 0.25) is 0 Å². The molecule has 3 nitrogen and oxygen atoms in total. The van der Waals surface area contributed by atoms with Gasteiger partial charge in [0, 0.05) is 19.7 Å². The maximum absolute atomic E-state index is 5.44. The van der Waals surface area contributed by atoms with Crippen molar-refractivity contribution in [2.24, 2.45) is 4.99 Å². The molecule has 0 fully saturated rings. The fraction of sp³-hybridized carbons (Fsp3) is 0.300. The van der Waals surface area contributed by atoms with Crippen molar-refractivity contribution in [2.45, 2.75) is 6.61 Å². The van der Waals surface area contributed by atoms with Crippen LogP contribution >= 0.6 is 0 Å². The summed E-state index contributed by atoms with van der Waals surface area (Å²) in [6, 6.07) is 8.70. The average molecular weight is 176 g/mol. The fourth-order valence-corrected chi connectivity index (χ4v) is 1.25. The molecule has 0 aromatic heterocycles. The van der Waals surface area contributed by atoms with Crippen molar-refractivity contribution in [2.75, 3.05) is 14.1 Å². The summed E-state index contributed by atoms with van der Waals surface area (Å²) in [4.78, 5) is 6.24. The van der Waals surface area contributed by atoms with Crippen LogP contribution in [0.1, 0.15) is 5.56 Å². The Hall–Kier alpha value is -1.51. The zero-order valence-corrected chi connectivity index (χ0v) is 7.82. The number of benzene rings is 1. The summed E-state index contributed by atoms with van der Waals surface area (Å²) in [6.45, 7) is 0.618. The number of ether oxygens (including phenoxy) is 1. The number of hydrogen-bond acceptors (Lipinski definition) is 3. The van der Waals surface area contributed by atoms with Gasteiger partial charge in [0.05, 0.1) is 5.69 Å². The first-order valence-electron chi connectivity index (χ1n) is 4.24. The minimum Gasteiger partial charge on any atom is -0.460 e. The summed E-state index contributed by atoms with van der Waals surface area (Å²) in [5.74, 6) is 0. The van der Waals surface area contributed by atoms with Crippen molar-refractivity contribution in [1.29, 1.82) is 0 Å². The molecule has 3 heteroatoms. The molecule has 0 spiro atoms. The van der Waals surface area contributed by atoms with Crippen molar-refractivity contribution < 1.29 is 4.74 Å². The molecule has 0 amide bonds. The Bertz CT molecular complexity index is 345. The van der Waals surface area contributed by atoms with Gasteiger partial charge in [-0.2, -0.15) is 4.99 Å². The summed E-state index contributed by atoms with van der Waals surface area (Å²) in [6.07, 6.45) is 0. The normalized spacial score (nSPS) is 14.2. The number of nitrogens with zero attached hydrogens (tertiary/aromatic N) is 2. The summed E-state index contributed by atoms with van der Waals surface area (Å²) < 4.78 is 5.44. The molecular weight excluding hydrogens is 164 g/mol. The van der Waals surface area contributed by atoms with Crippen LogP contribution in [0.25, 0.3) is 0 Å². The number of aliphatic imine (C=N–C) groups is 1. The Balaban J connectivity index is 2.38. The van der Waals surface area contributed by atoms with Crippen LogP contribution in [0.15, 0.2) is 29.3 Å². The number of fused-ring (bicyclic) bond motifs is 1. The van der Waals surface area contributed by atoms with E-state index in [9.17, 15) is 0 Å². The molecule has 1 aromatic carbocycles. The lowest BCUT2D eigenvalue weighted by Crippen LogP contribution is -2.26. The molecular formula is C10H12N2O. The zero-order chi connectivity index (χ0) is 9.26. The van der Waals surface area contributed by atoms with Crippen molar-refractivity contribution in [3.8, 4) is 0 Å². The highest BCUT2D eigenvalue weighted by Crippen LogP contribution is 2.23. The molecule has 0 unspecified atom stereocenters. The van der Waals surface area contributed by atoms with E-state index in [0.29, 0.717) is 12.6 Å². The predicted octanol–water partition coefficient (Wildman–Crippen LogP) is 1.77. The van der Waals surface area contributed by atoms with Gasteiger partial charge in [0.25, 0.3) is 6.02 Å². The summed E-state index contributed by atoms with van der Waals surface area (Å²) in [7, 11) is 3.85. The van der Waals surface area contributed by atoms with Gasteiger partial charge in [-0.15, -0.1) is 0 Å². The lowest BCUT2D eigenvalue weighted by atomic mass is 10.2. The molecule has 0 N–H and O–H groups in total. The Labute approximate surface area is 77.7 Å². The van der Waals surface area contributed by atoms with E-state index in [-0.39, 0.29) is 0 Å². The van der Waals surface area contributed by atoms with E-state index in [0.717, 1.165) is 11.3 Å². The second-order valence-corrected chi connectivity index (χ2v) is 3.21. The highest BCUT2D eigenvalue weighted by molar-refractivity contribution is 5.78. The van der Waals surface area contributed by atoms with Gasteiger partial charge >= 0.3 is 0 Å². The second kappa shape index (κ2) is 3.09. The third kappa shape index (κ3) is 1.49. The summed E-state index contributed by atoms with van der Waals surface area (Å²) >= 11 is 0. The molecule has 1 aromatic rings. The molecule has 1 aliphatic heterocycles. The second-order valence-electron chi connectivity index (χ2n) is 3.21. The maximum atomic E-state index is 5.44. The van der Waals surface area contributed by atoms with E-state index >= 15 is 0 Å². The van der Waals surface area contributed by atoms with E-state index in [1.165, 1.54) is 0 Å². The van der Waals surface area contributed by atoms with E-state index in [1.807, 2.05) is 43.3 Å². The number of hydrogen-bond donors (Lipinski definition) is 0. The lowest BCUT2D eigenvalue weighted by Gasteiger charge is -2.21. The van der Waals surface area contributed by atoms with Crippen molar-refractivity contribution in [1.82, 2.24) is 4.90 Å². The largest absolute Gasteiger partial charge is 0.460 e. The maximum Gasteiger partial charge on any atom is 0.292 e. The predicted molar refractivity (Wildman–Crippen MR) is 52.0 cm³/mol. The van der Waals surface area contributed by atoms with Gasteiger partial charge in [0.15, 0.2) is 0 Å². The summed E-state index contributed by atoms with van der Waals surface area (Å²) in [5.41, 5.74) is 2.16. The van der Waals surface area contributed by atoms with Crippen molar-refractivity contribution >= 4 is 11.7 Å². The van der Waals surface area contributed by atoms with Gasteiger partial charge in [0.2, 0.25) is 0 Å². The lowest BCUT2D eigenvalue weighted by molar-refractivity contribution is 0.241. The molecule has 0 saturated heterocycles. The highest BCUT2D eigenvalue weighted by Gasteiger charge is 2.12. The Morgan fingerprint density at radius 3 is 2.85 bits per heavy atom. The monoisotopic (exact) mass is 176 g/mol. The smallest absolute Gasteiger partial charge is 0.292 e. The molecule has 0 radical (unpaired) electrons. The van der Waals surface area contributed by atoms with Crippen LogP contribution in [-0.2, 0) is 11.3 Å². The molecule has 0 saturated carbocycles. The third-order valence-corrected chi connectivity index (χ3v) is 1.95. The Morgan fingerprint density at radius 2 is 2.08 bits per heavy atom. The molecule has 2 rings (SSSR count). The van der Waals surface area contributed by atoms with Gasteiger partial charge in [-0.25, -0.2) is 0 Å². The molecule has 13 heavy (non-hydrogen) atoms. The third-order valence-electron chi connectivity index (χ3n) is 1.95. The van der Waals surface area contributed by atoms with E-state index in [4.69, 9.17) is 4.74 Å². The molecule has 0 atom stereocenters. The number of para-hydroxylation sites is 1. The molecule has 0 aliphatic carbocycles. The highest BCUT2D eigenvalue weighted by atomic mass is 16.5. The van der Waals surface area contributed by atoms with Crippen LogP contribution in [-0.4, -0.2) is 25.0 Å². The van der Waals surface area contributed by atoms with Crippen molar-refractivity contribution in [3.05, 3.63) is 29.8 Å². The topological polar surface area (TPSA) is 24.8 Å². The number of amidine groups is 1. The van der Waals surface area contributed by atoms with Gasteiger partial charge in [-0.3, -0.25) is 0 Å². The van der Waals surface area contributed by atoms with Crippen molar-refractivity contribution in [3.63, 3.8) is 0 Å². The van der Waals surface area contributed by atoms with E-state index < -0.39 is 0 Å². The molecule has 68 valence electrons. The minimum atomic E-state index is 0.618. The Morgan fingerprint density at radius 1 is 1.31 bits per heavy atom. The van der Waals surface area contributed by atoms with Crippen LogP contribution in [0.3, 0.4) is 0 Å². The SMILES string of the molecule is CN(C)C1=Nc2ccccc2CO1. The average Bonchev–Trinajstić information content (AvgIpc) is 2.17. The quantitative estimate of drug-likeness (QED) is 0.601. The Kier molecular flexibility index (Phi) is 1.93. The van der Waals surface area contributed by atoms with E-state index in [2.05, 4.69) is 4.99 Å². The molecule has 0 bridgehead atoms. The summed E-state index contributed by atoms with van der Waals surface area (Å²) in [5, 5.41) is 0. The first-order valence-corrected chi connectivity index (χ1v) is 4.24. The van der Waals surface area contributed by atoms with E-state index in [1.54, 1.807) is 0 Å². The van der Waals surface area contributed by atoms with Gasteiger partial charge in [-0.05, 0) is 6.07 Å². The zero-order valence-electron chi connectivity index (χ0n) is 7.82.